The maximum absolute atomic E-state index is 13.6. The molecule has 0 heterocycles. The van der Waals surface area contributed by atoms with Crippen LogP contribution in [0.15, 0.2) is 48.5 Å². The number of esters is 1. The minimum absolute atomic E-state index is 0.0747. The Morgan fingerprint density at radius 1 is 1.20 bits per heavy atom. The van der Waals surface area contributed by atoms with E-state index in [4.69, 9.17) is 16.3 Å². The SMILES string of the molecule is C[C@@H](CCc1ccccc1)NC(=O)COC(=O)c1cc(Cl)ccc1F. The van der Waals surface area contributed by atoms with E-state index >= 15 is 0 Å². The van der Waals surface area contributed by atoms with Gasteiger partial charge in [-0.3, -0.25) is 4.79 Å². The lowest BCUT2D eigenvalue weighted by Gasteiger charge is -2.14. The fraction of sp³-hybridized carbons (Fsp3) is 0.263. The van der Waals surface area contributed by atoms with Crippen LogP contribution < -0.4 is 5.32 Å². The van der Waals surface area contributed by atoms with Gasteiger partial charge >= 0.3 is 5.97 Å². The molecule has 132 valence electrons. The summed E-state index contributed by atoms with van der Waals surface area (Å²) < 4.78 is 18.4. The molecule has 0 spiro atoms. The molecule has 1 atom stereocenters. The van der Waals surface area contributed by atoms with Crippen LogP contribution in [0.25, 0.3) is 0 Å². The van der Waals surface area contributed by atoms with Gasteiger partial charge in [0.15, 0.2) is 6.61 Å². The molecule has 2 rings (SSSR count). The molecular formula is C19H19ClFNO3. The third-order valence-electron chi connectivity index (χ3n) is 3.60. The standard InChI is InChI=1S/C19H19ClFNO3/c1-13(7-8-14-5-3-2-4-6-14)22-18(23)12-25-19(24)16-11-15(20)9-10-17(16)21/h2-6,9-11,13H,7-8,12H2,1H3,(H,22,23)/t13-/m0/s1. The van der Waals surface area contributed by atoms with Crippen molar-refractivity contribution in [2.75, 3.05) is 6.61 Å². The highest BCUT2D eigenvalue weighted by Gasteiger charge is 2.16. The zero-order valence-electron chi connectivity index (χ0n) is 13.8. The van der Waals surface area contributed by atoms with E-state index in [0.29, 0.717) is 0 Å². The van der Waals surface area contributed by atoms with Crippen LogP contribution in [0.5, 0.6) is 0 Å². The topological polar surface area (TPSA) is 55.4 Å². The summed E-state index contributed by atoms with van der Waals surface area (Å²) in [6.45, 7) is 1.40. The van der Waals surface area contributed by atoms with Crippen molar-refractivity contribution in [3.63, 3.8) is 0 Å². The van der Waals surface area contributed by atoms with E-state index in [0.717, 1.165) is 18.9 Å². The van der Waals surface area contributed by atoms with E-state index in [9.17, 15) is 14.0 Å². The first-order valence-electron chi connectivity index (χ1n) is 7.91. The molecule has 0 saturated carbocycles. The van der Waals surface area contributed by atoms with Crippen molar-refractivity contribution in [2.24, 2.45) is 0 Å². The van der Waals surface area contributed by atoms with Gasteiger partial charge in [-0.25, -0.2) is 9.18 Å². The molecule has 4 nitrogen and oxygen atoms in total. The van der Waals surface area contributed by atoms with Crippen molar-refractivity contribution in [1.29, 1.82) is 0 Å². The molecule has 0 aliphatic rings. The number of hydrogen-bond donors (Lipinski definition) is 1. The quantitative estimate of drug-likeness (QED) is 0.762. The van der Waals surface area contributed by atoms with Gasteiger partial charge < -0.3 is 10.1 Å². The zero-order chi connectivity index (χ0) is 18.2. The summed E-state index contributed by atoms with van der Waals surface area (Å²) in [5.41, 5.74) is 0.892. The van der Waals surface area contributed by atoms with Crippen LogP contribution in [-0.4, -0.2) is 24.5 Å². The fourth-order valence-electron chi connectivity index (χ4n) is 2.28. The third-order valence-corrected chi connectivity index (χ3v) is 3.83. The summed E-state index contributed by atoms with van der Waals surface area (Å²) in [4.78, 5) is 23.7. The minimum Gasteiger partial charge on any atom is -0.452 e. The Hall–Kier alpha value is -2.40. The maximum atomic E-state index is 13.6. The molecule has 0 aliphatic heterocycles. The Kier molecular flexibility index (Phi) is 6.95. The lowest BCUT2D eigenvalue weighted by molar-refractivity contribution is -0.124. The molecule has 6 heteroatoms. The lowest BCUT2D eigenvalue weighted by Crippen LogP contribution is -2.36. The Balaban J connectivity index is 1.76. The van der Waals surface area contributed by atoms with Crippen LogP contribution in [0, 0.1) is 5.82 Å². The average Bonchev–Trinajstić information content (AvgIpc) is 2.61. The van der Waals surface area contributed by atoms with Crippen LogP contribution >= 0.6 is 11.6 Å². The van der Waals surface area contributed by atoms with Gasteiger partial charge in [0.1, 0.15) is 5.82 Å². The lowest BCUT2D eigenvalue weighted by atomic mass is 10.1. The van der Waals surface area contributed by atoms with E-state index in [2.05, 4.69) is 5.32 Å². The van der Waals surface area contributed by atoms with Gasteiger partial charge in [0.05, 0.1) is 5.56 Å². The highest BCUT2D eigenvalue weighted by Crippen LogP contribution is 2.15. The summed E-state index contributed by atoms with van der Waals surface area (Å²) in [5.74, 6) is -2.10. The smallest absolute Gasteiger partial charge is 0.341 e. The molecule has 1 N–H and O–H groups in total. The van der Waals surface area contributed by atoms with Gasteiger partial charge in [-0.1, -0.05) is 41.9 Å². The van der Waals surface area contributed by atoms with Crippen molar-refractivity contribution in [1.82, 2.24) is 5.32 Å². The Morgan fingerprint density at radius 2 is 1.92 bits per heavy atom. The third kappa shape index (κ3) is 6.19. The Bertz CT molecular complexity index is 737. The van der Waals surface area contributed by atoms with Crippen molar-refractivity contribution in [3.05, 3.63) is 70.5 Å². The van der Waals surface area contributed by atoms with Crippen LogP contribution in [-0.2, 0) is 16.0 Å². The van der Waals surface area contributed by atoms with Gasteiger partial charge in [-0.05, 0) is 43.5 Å². The second-order valence-corrected chi connectivity index (χ2v) is 6.13. The van der Waals surface area contributed by atoms with Crippen molar-refractivity contribution in [2.45, 2.75) is 25.8 Å². The van der Waals surface area contributed by atoms with Gasteiger partial charge in [0.25, 0.3) is 5.91 Å². The van der Waals surface area contributed by atoms with Crippen LogP contribution in [0.2, 0.25) is 5.02 Å². The molecule has 0 saturated heterocycles. The molecule has 0 radical (unpaired) electrons. The van der Waals surface area contributed by atoms with E-state index in [1.807, 2.05) is 37.3 Å². The number of nitrogens with one attached hydrogen (secondary N) is 1. The number of carbonyl (C=O) groups excluding carboxylic acids is 2. The number of ether oxygens (including phenoxy) is 1. The summed E-state index contributed by atoms with van der Waals surface area (Å²) in [6.07, 6.45) is 1.59. The molecule has 0 bridgehead atoms. The summed E-state index contributed by atoms with van der Waals surface area (Å²) in [7, 11) is 0. The fourth-order valence-corrected chi connectivity index (χ4v) is 2.45. The predicted molar refractivity (Wildman–Crippen MR) is 94.1 cm³/mol. The molecular weight excluding hydrogens is 345 g/mol. The van der Waals surface area contributed by atoms with E-state index in [1.165, 1.54) is 17.7 Å². The number of amides is 1. The zero-order valence-corrected chi connectivity index (χ0v) is 14.6. The van der Waals surface area contributed by atoms with E-state index < -0.39 is 24.3 Å². The first kappa shape index (κ1) is 18.9. The normalized spacial score (nSPS) is 11.6. The maximum Gasteiger partial charge on any atom is 0.341 e. The molecule has 25 heavy (non-hydrogen) atoms. The number of hydrogen-bond acceptors (Lipinski definition) is 3. The highest BCUT2D eigenvalue weighted by molar-refractivity contribution is 6.30. The first-order valence-corrected chi connectivity index (χ1v) is 8.29. The number of halogens is 2. The second kappa shape index (κ2) is 9.18. The van der Waals surface area contributed by atoms with Crippen LogP contribution in [0.3, 0.4) is 0 Å². The molecule has 0 unspecified atom stereocenters. The molecule has 0 fully saturated rings. The number of aryl methyl sites for hydroxylation is 1. The van der Waals surface area contributed by atoms with Gasteiger partial charge in [-0.2, -0.15) is 0 Å². The highest BCUT2D eigenvalue weighted by atomic mass is 35.5. The molecule has 0 aromatic heterocycles. The molecule has 2 aromatic carbocycles. The van der Waals surface area contributed by atoms with Gasteiger partial charge in [-0.15, -0.1) is 0 Å². The van der Waals surface area contributed by atoms with Crippen molar-refractivity contribution in [3.8, 4) is 0 Å². The van der Waals surface area contributed by atoms with Crippen LogP contribution in [0.4, 0.5) is 4.39 Å². The van der Waals surface area contributed by atoms with Crippen molar-refractivity contribution < 1.29 is 18.7 Å². The largest absolute Gasteiger partial charge is 0.452 e. The van der Waals surface area contributed by atoms with Gasteiger partial charge in [0.2, 0.25) is 0 Å². The molecule has 1 amide bonds. The minimum atomic E-state index is -0.924. The monoisotopic (exact) mass is 363 g/mol. The van der Waals surface area contributed by atoms with Crippen LogP contribution in [0.1, 0.15) is 29.3 Å². The number of benzene rings is 2. The first-order chi connectivity index (χ1) is 12.0. The van der Waals surface area contributed by atoms with E-state index in [1.54, 1.807) is 0 Å². The van der Waals surface area contributed by atoms with Gasteiger partial charge in [0, 0.05) is 11.1 Å². The number of rotatable bonds is 7. The Morgan fingerprint density at radius 3 is 2.64 bits per heavy atom. The summed E-state index contributed by atoms with van der Waals surface area (Å²) in [5, 5.41) is 2.96. The predicted octanol–water partition coefficient (Wildman–Crippen LogP) is 3.77. The Labute approximate surface area is 150 Å². The summed E-state index contributed by atoms with van der Waals surface area (Å²) in [6, 6.07) is 13.4. The average molecular weight is 364 g/mol. The van der Waals surface area contributed by atoms with E-state index in [-0.39, 0.29) is 16.6 Å². The van der Waals surface area contributed by atoms with Crippen molar-refractivity contribution >= 4 is 23.5 Å². The summed E-state index contributed by atoms with van der Waals surface area (Å²) >= 11 is 5.72. The molecule has 0 aliphatic carbocycles. The second-order valence-electron chi connectivity index (χ2n) is 5.69. The molecule has 2 aromatic rings. The number of carbonyl (C=O) groups is 2.